The van der Waals surface area contributed by atoms with E-state index in [0.29, 0.717) is 0 Å². The summed E-state index contributed by atoms with van der Waals surface area (Å²) < 4.78 is 6.02. The monoisotopic (exact) mass is 356 g/mol. The zero-order valence-electron chi connectivity index (χ0n) is 16.5. The zero-order valence-corrected chi connectivity index (χ0v) is 16.5. The Bertz CT molecular complexity index is 540. The molecule has 3 fully saturated rings. The first-order valence-corrected chi connectivity index (χ1v) is 10.9. The fourth-order valence-corrected chi connectivity index (χ4v) is 5.04. The topological polar surface area (TPSA) is 15.7 Å². The smallest absolute Gasteiger partial charge is 0.0500 e. The molecule has 3 heteroatoms. The Morgan fingerprint density at radius 1 is 0.923 bits per heavy atom. The van der Waals surface area contributed by atoms with Crippen molar-refractivity contribution in [3.8, 4) is 0 Å². The number of piperidine rings is 2. The molecule has 26 heavy (non-hydrogen) atoms. The molecule has 2 saturated heterocycles. The van der Waals surface area contributed by atoms with Crippen LogP contribution in [0.4, 0.5) is 0 Å². The molecule has 1 unspecified atom stereocenters. The molecule has 1 saturated carbocycles. The van der Waals surface area contributed by atoms with Crippen molar-refractivity contribution in [2.45, 2.75) is 45.6 Å². The second kappa shape index (κ2) is 8.86. The van der Waals surface area contributed by atoms with E-state index in [2.05, 4.69) is 41.0 Å². The summed E-state index contributed by atoms with van der Waals surface area (Å²) in [6.07, 6.45) is 6.56. The highest BCUT2D eigenvalue weighted by Crippen LogP contribution is 2.51. The van der Waals surface area contributed by atoms with Crippen LogP contribution in [0, 0.1) is 17.8 Å². The number of likely N-dealkylation sites (tertiary alicyclic amines) is 2. The molecule has 0 spiro atoms. The Kier molecular flexibility index (Phi) is 6.29. The average Bonchev–Trinajstić information content (AvgIpc) is 3.14. The zero-order chi connectivity index (χ0) is 17.8. The normalized spacial score (nSPS) is 29.0. The van der Waals surface area contributed by atoms with Gasteiger partial charge >= 0.3 is 0 Å². The molecule has 4 rings (SSSR count). The van der Waals surface area contributed by atoms with Crippen molar-refractivity contribution in [1.82, 2.24) is 9.80 Å². The van der Waals surface area contributed by atoms with Crippen LogP contribution in [0.5, 0.6) is 0 Å². The Labute approximate surface area is 159 Å². The highest BCUT2D eigenvalue weighted by Gasteiger charge is 2.55. The molecule has 0 N–H and O–H groups in total. The Morgan fingerprint density at radius 2 is 1.62 bits per heavy atom. The Hall–Kier alpha value is -0.900. The molecule has 1 aliphatic carbocycles. The summed E-state index contributed by atoms with van der Waals surface area (Å²) in [5.41, 5.74) is 2.91. The van der Waals surface area contributed by atoms with Gasteiger partial charge in [0.2, 0.25) is 0 Å². The van der Waals surface area contributed by atoms with Crippen LogP contribution in [0.3, 0.4) is 0 Å². The fourth-order valence-electron chi connectivity index (χ4n) is 5.04. The molecular formula is C23H36N2O. The van der Waals surface area contributed by atoms with Crippen LogP contribution in [-0.2, 0) is 17.7 Å². The summed E-state index contributed by atoms with van der Waals surface area (Å²) in [6.45, 7) is 11.7. The molecule has 0 radical (unpaired) electrons. The molecule has 3 atom stereocenters. The highest BCUT2D eigenvalue weighted by molar-refractivity contribution is 5.22. The van der Waals surface area contributed by atoms with Gasteiger partial charge in [0, 0.05) is 32.8 Å². The van der Waals surface area contributed by atoms with Crippen LogP contribution < -0.4 is 0 Å². The van der Waals surface area contributed by atoms with Crippen molar-refractivity contribution in [3.63, 3.8) is 0 Å². The first-order chi connectivity index (χ1) is 12.8. The highest BCUT2D eigenvalue weighted by atomic mass is 16.5. The van der Waals surface area contributed by atoms with Crippen LogP contribution in [0.2, 0.25) is 0 Å². The summed E-state index contributed by atoms with van der Waals surface area (Å²) in [6, 6.07) is 9.19. The van der Waals surface area contributed by atoms with E-state index in [0.717, 1.165) is 43.9 Å². The van der Waals surface area contributed by atoms with Crippen molar-refractivity contribution >= 4 is 0 Å². The van der Waals surface area contributed by atoms with Crippen LogP contribution in [0.1, 0.15) is 43.7 Å². The first kappa shape index (κ1) is 18.5. The van der Waals surface area contributed by atoms with E-state index in [9.17, 15) is 0 Å². The largest absolute Gasteiger partial charge is 0.381 e. The summed E-state index contributed by atoms with van der Waals surface area (Å²) in [4.78, 5) is 5.26. The molecule has 0 amide bonds. The lowest BCUT2D eigenvalue weighted by Gasteiger charge is -2.26. The van der Waals surface area contributed by atoms with Gasteiger partial charge in [0.05, 0.1) is 6.61 Å². The lowest BCUT2D eigenvalue weighted by atomic mass is 10.1. The van der Waals surface area contributed by atoms with Gasteiger partial charge in [-0.15, -0.1) is 0 Å². The predicted octanol–water partition coefficient (Wildman–Crippen LogP) is 3.82. The Balaban J connectivity index is 1.07. The molecule has 2 heterocycles. The number of rotatable bonds is 9. The third-order valence-electron chi connectivity index (χ3n) is 6.81. The lowest BCUT2D eigenvalue weighted by molar-refractivity contribution is 0.0967. The summed E-state index contributed by atoms with van der Waals surface area (Å²) >= 11 is 0. The SMILES string of the molecule is CCc1ccc(CN2C[C@@H]3C(COCCCN4CCCCC4)[C@@H]3C2)cc1. The lowest BCUT2D eigenvalue weighted by Crippen LogP contribution is -2.31. The van der Waals surface area contributed by atoms with E-state index in [1.807, 2.05) is 0 Å². The van der Waals surface area contributed by atoms with E-state index in [-0.39, 0.29) is 0 Å². The van der Waals surface area contributed by atoms with E-state index >= 15 is 0 Å². The van der Waals surface area contributed by atoms with Gasteiger partial charge in [-0.25, -0.2) is 0 Å². The summed E-state index contributed by atoms with van der Waals surface area (Å²) in [7, 11) is 0. The van der Waals surface area contributed by atoms with Crippen LogP contribution in [0.25, 0.3) is 0 Å². The molecule has 2 aliphatic heterocycles. The van der Waals surface area contributed by atoms with Gasteiger partial charge in [0.1, 0.15) is 0 Å². The van der Waals surface area contributed by atoms with Crippen LogP contribution >= 0.6 is 0 Å². The summed E-state index contributed by atoms with van der Waals surface area (Å²) in [5, 5.41) is 0. The molecule has 1 aromatic carbocycles. The van der Waals surface area contributed by atoms with Crippen molar-refractivity contribution < 1.29 is 4.74 Å². The molecule has 3 aliphatic rings. The van der Waals surface area contributed by atoms with Gasteiger partial charge in [0.15, 0.2) is 0 Å². The van der Waals surface area contributed by atoms with Gasteiger partial charge in [-0.05, 0) is 67.7 Å². The number of hydrogen-bond acceptors (Lipinski definition) is 3. The first-order valence-electron chi connectivity index (χ1n) is 10.9. The van der Waals surface area contributed by atoms with Crippen molar-refractivity contribution in [3.05, 3.63) is 35.4 Å². The van der Waals surface area contributed by atoms with Crippen LogP contribution in [0.15, 0.2) is 24.3 Å². The minimum Gasteiger partial charge on any atom is -0.381 e. The maximum absolute atomic E-state index is 6.02. The van der Waals surface area contributed by atoms with Crippen LogP contribution in [-0.4, -0.2) is 55.7 Å². The second-order valence-electron chi connectivity index (χ2n) is 8.69. The van der Waals surface area contributed by atoms with Gasteiger partial charge in [-0.3, -0.25) is 4.90 Å². The minimum absolute atomic E-state index is 0.851. The standard InChI is InChI=1S/C23H36N2O/c1-2-19-7-9-20(10-8-19)15-25-16-21-22(17-25)23(21)18-26-14-6-13-24-11-4-3-5-12-24/h7-10,21-23H,2-6,11-18H2,1H3/t21-,22+,23?. The van der Waals surface area contributed by atoms with Gasteiger partial charge in [-0.1, -0.05) is 37.6 Å². The number of aryl methyl sites for hydroxylation is 1. The fraction of sp³-hybridized carbons (Fsp3) is 0.739. The second-order valence-corrected chi connectivity index (χ2v) is 8.69. The van der Waals surface area contributed by atoms with E-state index in [4.69, 9.17) is 4.74 Å². The number of hydrogen-bond donors (Lipinski definition) is 0. The van der Waals surface area contributed by atoms with Gasteiger partial charge in [0.25, 0.3) is 0 Å². The number of nitrogens with zero attached hydrogens (tertiary/aromatic N) is 2. The van der Waals surface area contributed by atoms with Crippen molar-refractivity contribution in [2.24, 2.45) is 17.8 Å². The van der Waals surface area contributed by atoms with Crippen molar-refractivity contribution in [1.29, 1.82) is 0 Å². The summed E-state index contributed by atoms with van der Waals surface area (Å²) in [5.74, 6) is 2.67. The molecule has 3 nitrogen and oxygen atoms in total. The predicted molar refractivity (Wildman–Crippen MR) is 107 cm³/mol. The Morgan fingerprint density at radius 3 is 2.31 bits per heavy atom. The molecule has 1 aromatic rings. The average molecular weight is 357 g/mol. The van der Waals surface area contributed by atoms with E-state index < -0.39 is 0 Å². The molecule has 0 bridgehead atoms. The van der Waals surface area contributed by atoms with Gasteiger partial charge < -0.3 is 9.64 Å². The van der Waals surface area contributed by atoms with E-state index in [1.54, 1.807) is 0 Å². The maximum Gasteiger partial charge on any atom is 0.0500 e. The number of benzene rings is 1. The third kappa shape index (κ3) is 4.68. The van der Waals surface area contributed by atoms with Crippen molar-refractivity contribution in [2.75, 3.05) is 45.9 Å². The van der Waals surface area contributed by atoms with E-state index in [1.165, 1.54) is 69.5 Å². The molecule has 144 valence electrons. The molecular weight excluding hydrogens is 320 g/mol. The maximum atomic E-state index is 6.02. The molecule has 0 aromatic heterocycles. The third-order valence-corrected chi connectivity index (χ3v) is 6.81. The number of ether oxygens (including phenoxy) is 1. The quantitative estimate of drug-likeness (QED) is 0.626. The minimum atomic E-state index is 0.851. The number of fused-ring (bicyclic) bond motifs is 1. The van der Waals surface area contributed by atoms with Gasteiger partial charge in [-0.2, -0.15) is 0 Å².